The van der Waals surface area contributed by atoms with Crippen LogP contribution in [0.3, 0.4) is 0 Å². The van der Waals surface area contributed by atoms with Crippen LogP contribution in [0.5, 0.6) is 0 Å². The molecular formula is C27H42. The van der Waals surface area contributed by atoms with Gasteiger partial charge in [-0.1, -0.05) is 57.3 Å². The summed E-state index contributed by atoms with van der Waals surface area (Å²) in [6, 6.07) is 0. The Hall–Kier alpha value is -0.880. The van der Waals surface area contributed by atoms with Gasteiger partial charge in [0.1, 0.15) is 0 Å². The van der Waals surface area contributed by atoms with E-state index < -0.39 is 0 Å². The standard InChI is InChI=1S/C27H42/c1-4-5-6-19-27(3)20-17-24(18-21-27)10-9-23-11-15-26(16-12-23)25-13-7-22(2)8-14-25/h22-26H,7-18,20-21H2,1-3H3. The molecule has 3 fully saturated rings. The maximum atomic E-state index is 3.44. The summed E-state index contributed by atoms with van der Waals surface area (Å²) in [5, 5.41) is 0. The smallest absolute Gasteiger partial charge is 0.0297 e. The Morgan fingerprint density at radius 1 is 0.704 bits per heavy atom. The van der Waals surface area contributed by atoms with E-state index in [0.29, 0.717) is 0 Å². The Morgan fingerprint density at radius 3 is 1.78 bits per heavy atom. The fraction of sp³-hybridized carbons (Fsp3) is 0.852. The third-order valence-corrected chi connectivity index (χ3v) is 8.36. The van der Waals surface area contributed by atoms with Crippen LogP contribution in [-0.4, -0.2) is 0 Å². The van der Waals surface area contributed by atoms with Crippen molar-refractivity contribution in [3.8, 4) is 23.7 Å². The minimum atomic E-state index is 0.232. The summed E-state index contributed by atoms with van der Waals surface area (Å²) in [6.45, 7) is 6.67. The molecule has 0 heterocycles. The lowest BCUT2D eigenvalue weighted by Crippen LogP contribution is -2.26. The molecule has 0 aliphatic heterocycles. The fourth-order valence-electron chi connectivity index (χ4n) is 6.15. The second kappa shape index (κ2) is 10.1. The minimum Gasteiger partial charge on any atom is -0.0925 e. The highest BCUT2D eigenvalue weighted by Crippen LogP contribution is 2.44. The molecule has 0 nitrogen and oxygen atoms in total. The van der Waals surface area contributed by atoms with Gasteiger partial charge in [0.25, 0.3) is 0 Å². The van der Waals surface area contributed by atoms with Crippen molar-refractivity contribution in [1.29, 1.82) is 0 Å². The van der Waals surface area contributed by atoms with Crippen LogP contribution in [0, 0.1) is 58.7 Å². The summed E-state index contributed by atoms with van der Waals surface area (Å²) in [4.78, 5) is 0. The fourth-order valence-corrected chi connectivity index (χ4v) is 6.15. The van der Waals surface area contributed by atoms with Crippen molar-refractivity contribution >= 4 is 0 Å². The Morgan fingerprint density at radius 2 is 1.22 bits per heavy atom. The van der Waals surface area contributed by atoms with Crippen molar-refractivity contribution in [3.05, 3.63) is 0 Å². The highest BCUT2D eigenvalue weighted by molar-refractivity contribution is 5.28. The molecule has 150 valence electrons. The van der Waals surface area contributed by atoms with Crippen LogP contribution in [0.1, 0.15) is 111 Å². The normalized spacial score (nSPS) is 39.6. The Kier molecular flexibility index (Phi) is 7.76. The first kappa shape index (κ1) is 20.8. The van der Waals surface area contributed by atoms with Gasteiger partial charge >= 0.3 is 0 Å². The molecule has 0 aromatic carbocycles. The summed E-state index contributed by atoms with van der Waals surface area (Å²) in [6.07, 6.45) is 20.5. The van der Waals surface area contributed by atoms with Crippen LogP contribution >= 0.6 is 0 Å². The molecule has 0 aromatic rings. The predicted octanol–water partition coefficient (Wildman–Crippen LogP) is 7.62. The van der Waals surface area contributed by atoms with Gasteiger partial charge in [-0.25, -0.2) is 0 Å². The molecule has 0 unspecified atom stereocenters. The molecule has 0 bridgehead atoms. The highest BCUT2D eigenvalue weighted by atomic mass is 14.4. The molecule has 0 atom stereocenters. The molecule has 0 radical (unpaired) electrons. The lowest BCUT2D eigenvalue weighted by atomic mass is 9.67. The quantitative estimate of drug-likeness (QED) is 0.449. The van der Waals surface area contributed by atoms with Gasteiger partial charge in [-0.05, 0) is 107 Å². The Bertz CT molecular complexity index is 553. The van der Waals surface area contributed by atoms with Gasteiger partial charge in [0.2, 0.25) is 0 Å². The van der Waals surface area contributed by atoms with Crippen LogP contribution in [-0.2, 0) is 0 Å². The van der Waals surface area contributed by atoms with Gasteiger partial charge in [0.15, 0.2) is 0 Å². The third kappa shape index (κ3) is 6.31. The second-order valence-electron chi connectivity index (χ2n) is 10.5. The van der Waals surface area contributed by atoms with Gasteiger partial charge in [-0.3, -0.25) is 0 Å². The van der Waals surface area contributed by atoms with Crippen LogP contribution < -0.4 is 0 Å². The SMILES string of the molecule is CC#CC#CC1(C)CCC(CCC2CCC(C3CCC(C)CC3)CC2)CC1. The molecule has 27 heavy (non-hydrogen) atoms. The lowest BCUT2D eigenvalue weighted by molar-refractivity contribution is 0.140. The molecule has 0 N–H and O–H groups in total. The summed E-state index contributed by atoms with van der Waals surface area (Å²) in [7, 11) is 0. The molecule has 3 rings (SSSR count). The molecule has 3 saturated carbocycles. The van der Waals surface area contributed by atoms with Gasteiger partial charge in [-0.2, -0.15) is 0 Å². The van der Waals surface area contributed by atoms with Crippen LogP contribution in [0.25, 0.3) is 0 Å². The van der Waals surface area contributed by atoms with E-state index in [0.717, 1.165) is 29.6 Å². The molecule has 0 aromatic heterocycles. The van der Waals surface area contributed by atoms with E-state index in [2.05, 4.69) is 37.5 Å². The van der Waals surface area contributed by atoms with Crippen LogP contribution in [0.4, 0.5) is 0 Å². The van der Waals surface area contributed by atoms with E-state index in [1.807, 2.05) is 6.92 Å². The summed E-state index contributed by atoms with van der Waals surface area (Å²) in [5.41, 5.74) is 0.232. The summed E-state index contributed by atoms with van der Waals surface area (Å²) < 4.78 is 0. The third-order valence-electron chi connectivity index (χ3n) is 8.36. The predicted molar refractivity (Wildman–Crippen MR) is 117 cm³/mol. The average Bonchev–Trinajstić information content (AvgIpc) is 2.69. The first-order chi connectivity index (χ1) is 13.1. The van der Waals surface area contributed by atoms with Gasteiger partial charge < -0.3 is 0 Å². The molecule has 0 spiro atoms. The Balaban J connectivity index is 1.33. The highest BCUT2D eigenvalue weighted by Gasteiger charge is 2.32. The second-order valence-corrected chi connectivity index (χ2v) is 10.5. The number of hydrogen-bond donors (Lipinski definition) is 0. The average molecular weight is 367 g/mol. The van der Waals surface area contributed by atoms with Crippen molar-refractivity contribution in [2.75, 3.05) is 0 Å². The molecule has 3 aliphatic rings. The van der Waals surface area contributed by atoms with E-state index >= 15 is 0 Å². The zero-order valence-corrected chi connectivity index (χ0v) is 18.3. The van der Waals surface area contributed by atoms with Gasteiger partial charge in [-0.15, -0.1) is 0 Å². The molecular weight excluding hydrogens is 324 g/mol. The minimum absolute atomic E-state index is 0.232. The number of rotatable bonds is 4. The first-order valence-electron chi connectivity index (χ1n) is 12.0. The van der Waals surface area contributed by atoms with E-state index in [1.54, 1.807) is 12.8 Å². The van der Waals surface area contributed by atoms with Crippen molar-refractivity contribution < 1.29 is 0 Å². The topological polar surface area (TPSA) is 0 Å². The van der Waals surface area contributed by atoms with Crippen molar-refractivity contribution in [2.24, 2.45) is 35.0 Å². The van der Waals surface area contributed by atoms with E-state index in [1.165, 1.54) is 77.0 Å². The zero-order valence-electron chi connectivity index (χ0n) is 18.3. The largest absolute Gasteiger partial charge is 0.0925 e. The van der Waals surface area contributed by atoms with Crippen LogP contribution in [0.2, 0.25) is 0 Å². The monoisotopic (exact) mass is 366 g/mol. The lowest BCUT2D eigenvalue weighted by Gasteiger charge is -2.38. The van der Waals surface area contributed by atoms with Crippen molar-refractivity contribution in [3.63, 3.8) is 0 Å². The van der Waals surface area contributed by atoms with Crippen molar-refractivity contribution in [2.45, 2.75) is 111 Å². The van der Waals surface area contributed by atoms with Gasteiger partial charge in [0.05, 0.1) is 0 Å². The van der Waals surface area contributed by atoms with E-state index in [-0.39, 0.29) is 5.41 Å². The van der Waals surface area contributed by atoms with E-state index in [9.17, 15) is 0 Å². The zero-order chi connectivity index (χ0) is 19.1. The van der Waals surface area contributed by atoms with Crippen molar-refractivity contribution in [1.82, 2.24) is 0 Å². The Labute approximate surface area is 169 Å². The maximum Gasteiger partial charge on any atom is 0.0297 e. The summed E-state index contributed by atoms with van der Waals surface area (Å²) in [5.74, 6) is 17.5. The van der Waals surface area contributed by atoms with E-state index in [4.69, 9.17) is 0 Å². The van der Waals surface area contributed by atoms with Crippen LogP contribution in [0.15, 0.2) is 0 Å². The van der Waals surface area contributed by atoms with Gasteiger partial charge in [0, 0.05) is 5.41 Å². The first-order valence-corrected chi connectivity index (χ1v) is 12.0. The maximum absolute atomic E-state index is 3.44. The molecule has 0 amide bonds. The molecule has 0 heteroatoms. The summed E-state index contributed by atoms with van der Waals surface area (Å²) >= 11 is 0. The molecule has 3 aliphatic carbocycles. The number of hydrogen-bond acceptors (Lipinski definition) is 0. The molecule has 0 saturated heterocycles.